The zero-order valence-corrected chi connectivity index (χ0v) is 9.21. The Bertz CT molecular complexity index is 518. The van der Waals surface area contributed by atoms with Crippen LogP contribution < -0.4 is 4.87 Å². The second-order valence-corrected chi connectivity index (χ2v) is 4.37. The Balaban J connectivity index is 2.61. The average molecular weight is 246 g/mol. The van der Waals surface area contributed by atoms with E-state index in [-0.39, 0.29) is 4.87 Å². The molecular weight excluding hydrogens is 241 g/mol. The lowest BCUT2D eigenvalue weighted by atomic mass is 10.2. The molecule has 0 fully saturated rings. The minimum atomic E-state index is -0.101. The van der Waals surface area contributed by atoms with Crippen molar-refractivity contribution in [2.24, 2.45) is 0 Å². The molecule has 5 heteroatoms. The fraction of sp³-hybridized carbons (Fsp3) is 0. The predicted molar refractivity (Wildman–Crippen MR) is 60.4 cm³/mol. The first-order valence-corrected chi connectivity index (χ1v) is 5.43. The number of rotatable bonds is 1. The van der Waals surface area contributed by atoms with Crippen molar-refractivity contribution < 1.29 is 0 Å². The maximum absolute atomic E-state index is 10.9. The molecule has 0 aliphatic carbocycles. The Kier molecular flexibility index (Phi) is 2.63. The van der Waals surface area contributed by atoms with E-state index in [0.717, 1.165) is 16.9 Å². The van der Waals surface area contributed by atoms with Crippen molar-refractivity contribution in [1.29, 1.82) is 0 Å². The van der Waals surface area contributed by atoms with Gasteiger partial charge in [-0.15, -0.1) is 0 Å². The Hall–Kier alpha value is -0.770. The molecule has 0 unspecified atom stereocenters. The van der Waals surface area contributed by atoms with Crippen molar-refractivity contribution in [2.75, 3.05) is 0 Å². The van der Waals surface area contributed by atoms with Crippen LogP contribution in [0.1, 0.15) is 0 Å². The van der Waals surface area contributed by atoms with Gasteiger partial charge in [-0.05, 0) is 18.2 Å². The van der Waals surface area contributed by atoms with Gasteiger partial charge in [-0.2, -0.15) is 0 Å². The maximum Gasteiger partial charge on any atom is 0.304 e. The van der Waals surface area contributed by atoms with Gasteiger partial charge in [-0.3, -0.25) is 4.79 Å². The lowest BCUT2D eigenvalue weighted by Crippen LogP contribution is -1.92. The maximum atomic E-state index is 10.9. The van der Waals surface area contributed by atoms with Crippen LogP contribution in [0.3, 0.4) is 0 Å². The van der Waals surface area contributed by atoms with Gasteiger partial charge in [0.2, 0.25) is 0 Å². The van der Waals surface area contributed by atoms with Crippen molar-refractivity contribution in [1.82, 2.24) is 4.98 Å². The fourth-order valence-corrected chi connectivity index (χ4v) is 2.09. The van der Waals surface area contributed by atoms with Crippen molar-refractivity contribution >= 4 is 34.5 Å². The highest BCUT2D eigenvalue weighted by molar-refractivity contribution is 7.07. The zero-order chi connectivity index (χ0) is 10.1. The van der Waals surface area contributed by atoms with E-state index in [1.54, 1.807) is 23.6 Å². The molecule has 1 aromatic carbocycles. The lowest BCUT2D eigenvalue weighted by molar-refractivity contribution is 1.34. The summed E-state index contributed by atoms with van der Waals surface area (Å²) in [4.78, 5) is 13.5. The van der Waals surface area contributed by atoms with Crippen LogP contribution in [-0.2, 0) is 0 Å². The Morgan fingerprint density at radius 1 is 1.29 bits per heavy atom. The molecule has 0 aliphatic rings. The number of thiazole rings is 1. The molecule has 0 radical (unpaired) electrons. The molecule has 0 aliphatic heterocycles. The van der Waals surface area contributed by atoms with Gasteiger partial charge in [0, 0.05) is 16.0 Å². The Morgan fingerprint density at radius 2 is 2.07 bits per heavy atom. The summed E-state index contributed by atoms with van der Waals surface area (Å²) in [6.45, 7) is 0. The van der Waals surface area contributed by atoms with E-state index in [4.69, 9.17) is 23.2 Å². The third-order valence-electron chi connectivity index (χ3n) is 1.74. The molecule has 0 saturated heterocycles. The number of aromatic amines is 1. The van der Waals surface area contributed by atoms with E-state index in [1.165, 1.54) is 0 Å². The van der Waals surface area contributed by atoms with Crippen LogP contribution in [0, 0.1) is 0 Å². The number of aromatic nitrogens is 1. The Labute approximate surface area is 94.1 Å². The second kappa shape index (κ2) is 3.77. The molecule has 0 amide bonds. The molecule has 2 aromatic rings. The zero-order valence-electron chi connectivity index (χ0n) is 6.88. The molecular formula is C9H5Cl2NOS. The quantitative estimate of drug-likeness (QED) is 0.821. The van der Waals surface area contributed by atoms with Crippen molar-refractivity contribution in [3.63, 3.8) is 0 Å². The molecule has 72 valence electrons. The highest BCUT2D eigenvalue weighted by atomic mass is 35.5. The fourth-order valence-electron chi connectivity index (χ4n) is 1.12. The summed E-state index contributed by atoms with van der Waals surface area (Å²) in [5.41, 5.74) is 1.45. The van der Waals surface area contributed by atoms with Crippen molar-refractivity contribution in [2.45, 2.75) is 0 Å². The Morgan fingerprint density at radius 3 is 2.71 bits per heavy atom. The van der Waals surface area contributed by atoms with Gasteiger partial charge in [0.25, 0.3) is 0 Å². The summed E-state index contributed by atoms with van der Waals surface area (Å²) < 4.78 is 0. The molecule has 0 saturated carbocycles. The van der Waals surface area contributed by atoms with Gasteiger partial charge in [0.05, 0.1) is 10.7 Å². The molecule has 1 heterocycles. The minimum absolute atomic E-state index is 0.101. The standard InChI is InChI=1S/C9H5Cl2NOS/c10-5-1-2-7(11)6(3-5)8-4-14-9(13)12-8/h1-4H,(H,12,13). The average Bonchev–Trinajstić information content (AvgIpc) is 2.56. The highest BCUT2D eigenvalue weighted by Crippen LogP contribution is 2.29. The molecule has 0 spiro atoms. The molecule has 1 aromatic heterocycles. The van der Waals surface area contributed by atoms with E-state index >= 15 is 0 Å². The highest BCUT2D eigenvalue weighted by Gasteiger charge is 2.06. The van der Waals surface area contributed by atoms with E-state index in [2.05, 4.69) is 4.98 Å². The van der Waals surface area contributed by atoms with E-state index in [9.17, 15) is 4.79 Å². The number of hydrogen-bond acceptors (Lipinski definition) is 2. The van der Waals surface area contributed by atoms with Gasteiger partial charge in [0.15, 0.2) is 0 Å². The number of benzene rings is 1. The second-order valence-electron chi connectivity index (χ2n) is 2.69. The lowest BCUT2D eigenvalue weighted by Gasteiger charge is -2.00. The summed E-state index contributed by atoms with van der Waals surface area (Å²) in [6.07, 6.45) is 0. The topological polar surface area (TPSA) is 32.9 Å². The molecule has 0 bridgehead atoms. The monoisotopic (exact) mass is 245 g/mol. The molecule has 0 atom stereocenters. The summed E-state index contributed by atoms with van der Waals surface area (Å²) in [7, 11) is 0. The summed E-state index contributed by atoms with van der Waals surface area (Å²) in [6, 6.07) is 5.13. The predicted octanol–water partition coefficient (Wildman–Crippen LogP) is 3.41. The van der Waals surface area contributed by atoms with Gasteiger partial charge in [-0.1, -0.05) is 34.5 Å². The van der Waals surface area contributed by atoms with Crippen LogP contribution in [-0.4, -0.2) is 4.98 Å². The molecule has 2 rings (SSSR count). The van der Waals surface area contributed by atoms with E-state index in [0.29, 0.717) is 15.7 Å². The first-order chi connectivity index (χ1) is 6.66. The van der Waals surface area contributed by atoms with Crippen LogP contribution in [0.5, 0.6) is 0 Å². The first-order valence-electron chi connectivity index (χ1n) is 3.80. The number of nitrogens with one attached hydrogen (secondary N) is 1. The third-order valence-corrected chi connectivity index (χ3v) is 2.97. The number of halogens is 2. The summed E-state index contributed by atoms with van der Waals surface area (Å²) in [5, 5.41) is 2.89. The molecule has 2 nitrogen and oxygen atoms in total. The third kappa shape index (κ3) is 1.85. The SMILES string of the molecule is O=c1[nH]c(-c2cc(Cl)ccc2Cl)cs1. The molecule has 1 N–H and O–H groups in total. The van der Waals surface area contributed by atoms with Crippen LogP contribution in [0.4, 0.5) is 0 Å². The molecule has 14 heavy (non-hydrogen) atoms. The number of H-pyrrole nitrogens is 1. The van der Waals surface area contributed by atoms with Crippen molar-refractivity contribution in [3.8, 4) is 11.3 Å². The van der Waals surface area contributed by atoms with Gasteiger partial charge < -0.3 is 4.98 Å². The van der Waals surface area contributed by atoms with Crippen LogP contribution in [0.25, 0.3) is 11.3 Å². The summed E-state index contributed by atoms with van der Waals surface area (Å²) >= 11 is 12.9. The van der Waals surface area contributed by atoms with Crippen molar-refractivity contribution in [3.05, 3.63) is 43.3 Å². The first kappa shape index (κ1) is 9.77. The van der Waals surface area contributed by atoms with E-state index < -0.39 is 0 Å². The smallest absolute Gasteiger partial charge is 0.304 e. The van der Waals surface area contributed by atoms with Gasteiger partial charge in [-0.25, -0.2) is 0 Å². The van der Waals surface area contributed by atoms with Crippen LogP contribution >= 0.6 is 34.5 Å². The largest absolute Gasteiger partial charge is 0.312 e. The van der Waals surface area contributed by atoms with Gasteiger partial charge in [0.1, 0.15) is 0 Å². The van der Waals surface area contributed by atoms with E-state index in [1.807, 2.05) is 0 Å². The van der Waals surface area contributed by atoms with Crippen LogP contribution in [0.15, 0.2) is 28.4 Å². The normalized spacial score (nSPS) is 10.4. The van der Waals surface area contributed by atoms with Gasteiger partial charge >= 0.3 is 4.87 Å². The van der Waals surface area contributed by atoms with Crippen LogP contribution in [0.2, 0.25) is 10.0 Å². The minimum Gasteiger partial charge on any atom is -0.312 e. The summed E-state index contributed by atoms with van der Waals surface area (Å²) in [5.74, 6) is 0. The number of hydrogen-bond donors (Lipinski definition) is 1.